The molecule has 3 spiro atoms. The molecule has 8 atom stereocenters. The summed E-state index contributed by atoms with van der Waals surface area (Å²) in [6, 6.07) is 22.6. The second kappa shape index (κ2) is 10.5. The van der Waals surface area contributed by atoms with Crippen molar-refractivity contribution in [3.63, 3.8) is 0 Å². The van der Waals surface area contributed by atoms with Crippen molar-refractivity contribution in [2.45, 2.75) is 76.9 Å². The minimum Gasteiger partial charge on any atom is -0.440 e. The number of aliphatic hydroxyl groups is 1. The molecule has 1 aliphatic heterocycles. The van der Waals surface area contributed by atoms with Crippen molar-refractivity contribution in [2.75, 3.05) is 13.1 Å². The summed E-state index contributed by atoms with van der Waals surface area (Å²) >= 11 is 1.74. The quantitative estimate of drug-likeness (QED) is 0.212. The molecule has 3 aromatic rings. The van der Waals surface area contributed by atoms with Gasteiger partial charge in [-0.1, -0.05) is 92.7 Å². The molecule has 6 aliphatic carbocycles. The number of nitrogens with zero attached hydrogens (tertiary/aromatic N) is 1. The van der Waals surface area contributed by atoms with Gasteiger partial charge in [-0.3, -0.25) is 4.79 Å². The van der Waals surface area contributed by atoms with Gasteiger partial charge >= 0.3 is 6.09 Å². The zero-order valence-electron chi connectivity index (χ0n) is 28.0. The number of benzene rings is 2. The number of carbonyl (C=O) groups is 2. The van der Waals surface area contributed by atoms with Crippen molar-refractivity contribution in [1.82, 2.24) is 4.90 Å². The largest absolute Gasteiger partial charge is 0.440 e. The van der Waals surface area contributed by atoms with Crippen LogP contribution in [-0.2, 0) is 11.2 Å². The third kappa shape index (κ3) is 3.99. The Hall–Kier alpha value is -3.48. The van der Waals surface area contributed by atoms with Gasteiger partial charge in [0.1, 0.15) is 5.60 Å². The molecule has 2 aromatic carbocycles. The van der Waals surface area contributed by atoms with Crippen LogP contribution in [0.5, 0.6) is 0 Å². The highest BCUT2D eigenvalue weighted by Crippen LogP contribution is 2.79. The van der Waals surface area contributed by atoms with E-state index in [9.17, 15) is 14.7 Å². The van der Waals surface area contributed by atoms with Crippen molar-refractivity contribution in [1.29, 1.82) is 0 Å². The van der Waals surface area contributed by atoms with Gasteiger partial charge < -0.3 is 14.7 Å². The molecule has 1 saturated heterocycles. The van der Waals surface area contributed by atoms with Gasteiger partial charge in [0.15, 0.2) is 5.78 Å². The normalized spacial score (nSPS) is 39.1. The number of ketones is 1. The first-order chi connectivity index (χ1) is 23.1. The first kappa shape index (κ1) is 30.6. The lowest BCUT2D eigenvalue weighted by atomic mass is 9.32. The molecule has 6 heteroatoms. The number of hydrogen-bond acceptors (Lipinski definition) is 5. The van der Waals surface area contributed by atoms with Crippen LogP contribution >= 0.6 is 11.3 Å². The molecule has 48 heavy (non-hydrogen) atoms. The summed E-state index contributed by atoms with van der Waals surface area (Å²) in [6.45, 7) is 6.11. The Bertz CT molecular complexity index is 1830. The van der Waals surface area contributed by atoms with Crippen molar-refractivity contribution in [3.8, 4) is 11.1 Å². The van der Waals surface area contributed by atoms with Gasteiger partial charge in [-0.25, -0.2) is 4.79 Å². The van der Waals surface area contributed by atoms with E-state index in [0.29, 0.717) is 19.5 Å². The second-order valence-corrected chi connectivity index (χ2v) is 17.2. The van der Waals surface area contributed by atoms with E-state index in [-0.39, 0.29) is 46.1 Å². The van der Waals surface area contributed by atoms with Crippen LogP contribution in [0.25, 0.3) is 11.1 Å². The number of carbonyl (C=O) groups excluding carboxylic acids is 2. The van der Waals surface area contributed by atoms with E-state index in [4.69, 9.17) is 4.74 Å². The molecule has 5 nitrogen and oxygen atoms in total. The minimum atomic E-state index is -0.557. The van der Waals surface area contributed by atoms with Crippen molar-refractivity contribution < 1.29 is 19.4 Å². The highest BCUT2D eigenvalue weighted by molar-refractivity contribution is 7.09. The predicted octanol–water partition coefficient (Wildman–Crippen LogP) is 8.89. The van der Waals surface area contributed by atoms with Gasteiger partial charge in [0.2, 0.25) is 0 Å². The predicted molar refractivity (Wildman–Crippen MR) is 189 cm³/mol. The molecular weight excluding hydrogens is 615 g/mol. The average molecular weight is 660 g/mol. The topological polar surface area (TPSA) is 66.8 Å². The van der Waals surface area contributed by atoms with Gasteiger partial charge in [0.25, 0.3) is 0 Å². The van der Waals surface area contributed by atoms with Crippen LogP contribution in [0.1, 0.15) is 74.0 Å². The zero-order valence-corrected chi connectivity index (χ0v) is 28.8. The highest BCUT2D eigenvalue weighted by Gasteiger charge is 2.76. The van der Waals surface area contributed by atoms with Crippen LogP contribution in [0.15, 0.2) is 95.9 Å². The lowest BCUT2D eigenvalue weighted by Crippen LogP contribution is -2.67. The fourth-order valence-corrected chi connectivity index (χ4v) is 12.6. The van der Waals surface area contributed by atoms with E-state index >= 15 is 0 Å². The molecule has 0 unspecified atom stereocenters. The summed E-state index contributed by atoms with van der Waals surface area (Å²) < 4.78 is 6.56. The van der Waals surface area contributed by atoms with Crippen LogP contribution in [0.4, 0.5) is 4.79 Å². The maximum absolute atomic E-state index is 15.0. The maximum Gasteiger partial charge on any atom is 0.410 e. The van der Waals surface area contributed by atoms with Crippen molar-refractivity contribution in [3.05, 3.63) is 106 Å². The third-order valence-corrected chi connectivity index (χ3v) is 15.3. The number of fused-ring (bicyclic) bond motifs is 2. The summed E-state index contributed by atoms with van der Waals surface area (Å²) in [5.74, 6) is 0.567. The Morgan fingerprint density at radius 3 is 2.40 bits per heavy atom. The first-order valence-corrected chi connectivity index (χ1v) is 18.8. The van der Waals surface area contributed by atoms with E-state index in [0.717, 1.165) is 67.2 Å². The van der Waals surface area contributed by atoms with Gasteiger partial charge in [-0.2, -0.15) is 0 Å². The molecule has 1 N–H and O–H groups in total. The standard InChI is InChI=1S/C42H45NO4S/c1-38-18-14-31(44)25-40(38)21-22-42(33(26-40)36(45)30-12-10-29(11-13-30)28-7-4-3-5-8-28)34(38)15-19-39(2)35(42)16-20-41(39)27-43(37(46)47-41)23-17-32-9-6-24-48-32/h3-13,21-22,24,26,31,34-35,44H,14-20,23,25,27H2,1-2H3/t31-,34+,35+,38+,39-,40-,41+,42-/m0/s1. The average Bonchev–Trinajstić information content (AvgIpc) is 3.81. The molecule has 0 radical (unpaired) electrons. The molecule has 3 saturated carbocycles. The fourth-order valence-electron chi connectivity index (χ4n) is 11.9. The molecule has 4 fully saturated rings. The molecular formula is C42H45NO4S. The lowest BCUT2D eigenvalue weighted by molar-refractivity contribution is -0.164. The van der Waals surface area contributed by atoms with Crippen molar-refractivity contribution >= 4 is 23.2 Å². The monoisotopic (exact) mass is 659 g/mol. The SMILES string of the molecule is C[C@]12CC[C@H]3[C@@]4(C=C[C@@]5(C=C4C(=O)c4ccc(-c6ccccc6)cc4)C[C@@H](O)CC[C@]35C)[C@@H]1CC[C@@]21CN(CCc2cccs2)C(=O)O1. The van der Waals surface area contributed by atoms with Crippen LogP contribution in [0.3, 0.4) is 0 Å². The lowest BCUT2D eigenvalue weighted by Gasteiger charge is -2.71. The third-order valence-electron chi connectivity index (χ3n) is 14.4. The molecule has 2 heterocycles. The number of rotatable bonds is 6. The summed E-state index contributed by atoms with van der Waals surface area (Å²) in [4.78, 5) is 31.7. The minimum absolute atomic E-state index is 0.0435. The summed E-state index contributed by atoms with van der Waals surface area (Å²) in [7, 11) is 0. The van der Waals surface area contributed by atoms with E-state index in [2.05, 4.69) is 73.9 Å². The molecule has 2 bridgehead atoms. The van der Waals surface area contributed by atoms with Crippen LogP contribution in [0.2, 0.25) is 0 Å². The van der Waals surface area contributed by atoms with Crippen LogP contribution < -0.4 is 0 Å². The number of Topliss-reactive ketones (excluding diaryl/α,β-unsaturated/α-hetero) is 1. The van der Waals surface area contributed by atoms with Crippen molar-refractivity contribution in [2.24, 2.45) is 33.5 Å². The molecule has 10 rings (SSSR count). The summed E-state index contributed by atoms with van der Waals surface area (Å²) in [5.41, 5.74) is 2.22. The van der Waals surface area contributed by atoms with Crippen LogP contribution in [-0.4, -0.2) is 46.7 Å². The van der Waals surface area contributed by atoms with Gasteiger partial charge in [-0.15, -0.1) is 11.3 Å². The number of amides is 1. The number of allylic oxidation sites excluding steroid dienone is 4. The maximum atomic E-state index is 15.0. The van der Waals surface area contributed by atoms with E-state index in [1.165, 1.54) is 4.88 Å². The second-order valence-electron chi connectivity index (χ2n) is 16.2. The first-order valence-electron chi connectivity index (χ1n) is 18.0. The van der Waals surface area contributed by atoms with E-state index in [1.54, 1.807) is 11.3 Å². The zero-order chi connectivity index (χ0) is 32.9. The fraction of sp³-hybridized carbons (Fsp3) is 0.476. The Labute approximate surface area is 287 Å². The number of ether oxygens (including phenoxy) is 1. The van der Waals surface area contributed by atoms with Crippen LogP contribution in [0, 0.1) is 33.5 Å². The Morgan fingerprint density at radius 2 is 1.62 bits per heavy atom. The smallest absolute Gasteiger partial charge is 0.410 e. The molecule has 248 valence electrons. The number of aliphatic hydroxyl groups excluding tert-OH is 1. The molecule has 1 aromatic heterocycles. The highest BCUT2D eigenvalue weighted by atomic mass is 32.1. The summed E-state index contributed by atoms with van der Waals surface area (Å²) in [6.07, 6.45) is 13.6. The Kier molecular flexibility index (Phi) is 6.69. The number of thiophene rings is 1. The van der Waals surface area contributed by atoms with Gasteiger partial charge in [0, 0.05) is 38.8 Å². The Morgan fingerprint density at radius 1 is 0.896 bits per heavy atom. The summed E-state index contributed by atoms with van der Waals surface area (Å²) in [5, 5.41) is 13.1. The number of hydrogen-bond donors (Lipinski definition) is 1. The molecule has 7 aliphatic rings. The van der Waals surface area contributed by atoms with Gasteiger partial charge in [-0.05, 0) is 91.2 Å². The van der Waals surface area contributed by atoms with Gasteiger partial charge in [0.05, 0.1) is 12.6 Å². The van der Waals surface area contributed by atoms with E-state index in [1.807, 2.05) is 35.2 Å². The van der Waals surface area contributed by atoms with E-state index < -0.39 is 11.0 Å². The Balaban J connectivity index is 1.11. The molecule has 1 amide bonds.